The largest absolute Gasteiger partial charge is 0.508 e. The highest BCUT2D eigenvalue weighted by molar-refractivity contribution is 5.51. The number of hydrogen-bond acceptors (Lipinski definition) is 4. The zero-order valence-corrected chi connectivity index (χ0v) is 30.5. The first-order valence-corrected chi connectivity index (χ1v) is 17.8. The van der Waals surface area contributed by atoms with Gasteiger partial charge in [0.05, 0.1) is 0 Å². The second-order valence-electron chi connectivity index (χ2n) is 14.8. The van der Waals surface area contributed by atoms with Crippen LogP contribution >= 0.6 is 0 Å². The monoisotopic (exact) mass is 630 g/mol. The van der Waals surface area contributed by atoms with Crippen molar-refractivity contribution in [2.45, 2.75) is 151 Å². The van der Waals surface area contributed by atoms with E-state index in [9.17, 15) is 15.3 Å². The second-order valence-corrected chi connectivity index (χ2v) is 14.8. The van der Waals surface area contributed by atoms with Gasteiger partial charge in [-0.15, -0.1) is 0 Å². The van der Waals surface area contributed by atoms with Crippen LogP contribution in [0.1, 0.15) is 156 Å². The van der Waals surface area contributed by atoms with Crippen molar-refractivity contribution in [1.82, 2.24) is 0 Å². The van der Waals surface area contributed by atoms with Crippen molar-refractivity contribution in [3.05, 3.63) is 80.9 Å². The number of phenols is 3. The second kappa shape index (κ2) is 16.6. The van der Waals surface area contributed by atoms with Crippen LogP contribution in [0.15, 0.2) is 36.4 Å². The highest BCUT2D eigenvalue weighted by Crippen LogP contribution is 2.46. The van der Waals surface area contributed by atoms with Crippen molar-refractivity contribution in [3.8, 4) is 23.0 Å². The highest BCUT2D eigenvalue weighted by atomic mass is 16.5. The number of ether oxygens (including phenoxy) is 1. The number of phenolic OH excluding ortho intramolecular Hbond substituents is 3. The molecule has 1 aliphatic heterocycles. The van der Waals surface area contributed by atoms with Gasteiger partial charge in [0.2, 0.25) is 0 Å². The summed E-state index contributed by atoms with van der Waals surface area (Å²) in [6.07, 6.45) is 11.7. The third-order valence-corrected chi connectivity index (χ3v) is 9.81. The summed E-state index contributed by atoms with van der Waals surface area (Å²) in [6.45, 7) is 21.3. The van der Waals surface area contributed by atoms with E-state index in [0.717, 1.165) is 65.7 Å². The fraction of sp³-hybridized carbons (Fsp3) is 0.571. The predicted molar refractivity (Wildman–Crippen MR) is 194 cm³/mol. The smallest absolute Gasteiger partial charge is 0.124 e. The molecular formula is C42H62O4. The van der Waals surface area contributed by atoms with E-state index in [2.05, 4.69) is 73.6 Å². The molecule has 3 aromatic rings. The van der Waals surface area contributed by atoms with E-state index < -0.39 is 0 Å². The molecule has 1 atom stereocenters. The quantitative estimate of drug-likeness (QED) is 0.174. The standard InChI is InChI=1S/C22H36O2.C20H26O2/c1-6-7-8-9-10-11-12-17-13-21-18(14-20(17)23)19(16(2)3)15-22(4,5)24-21;1-6-7-16(17-8-14(4)19(21)10-12(17)2)18-9-15(5)20(22)11-13(18)3/h13-14,16,19,23H,6-12,15H2,1-5H3;8-11,16,21-22H,6-7H2,1-5H3. The minimum absolute atomic E-state index is 0.129. The van der Waals surface area contributed by atoms with Crippen molar-refractivity contribution >= 4 is 0 Å². The normalized spacial score (nSPS) is 15.3. The number of hydrogen-bond donors (Lipinski definition) is 3. The summed E-state index contributed by atoms with van der Waals surface area (Å²) < 4.78 is 6.24. The van der Waals surface area contributed by atoms with Gasteiger partial charge < -0.3 is 20.1 Å². The van der Waals surface area contributed by atoms with E-state index in [-0.39, 0.29) is 5.60 Å². The van der Waals surface area contributed by atoms with E-state index in [1.165, 1.54) is 48.8 Å². The Hall–Kier alpha value is -3.14. The van der Waals surface area contributed by atoms with E-state index >= 15 is 0 Å². The van der Waals surface area contributed by atoms with Crippen LogP contribution in [0.25, 0.3) is 0 Å². The molecule has 4 heteroatoms. The molecule has 0 spiro atoms. The molecule has 1 aliphatic rings. The van der Waals surface area contributed by atoms with Crippen molar-refractivity contribution < 1.29 is 20.1 Å². The maximum atomic E-state index is 10.5. The molecule has 46 heavy (non-hydrogen) atoms. The summed E-state index contributed by atoms with van der Waals surface area (Å²) in [5.74, 6) is 3.46. The Balaban J connectivity index is 0.000000251. The van der Waals surface area contributed by atoms with Gasteiger partial charge >= 0.3 is 0 Å². The minimum atomic E-state index is -0.129. The van der Waals surface area contributed by atoms with Crippen LogP contribution in [0.3, 0.4) is 0 Å². The molecule has 0 aromatic heterocycles. The molecule has 4 nitrogen and oxygen atoms in total. The lowest BCUT2D eigenvalue weighted by molar-refractivity contribution is 0.0637. The summed E-state index contributed by atoms with van der Waals surface area (Å²) in [5, 5.41) is 30.3. The van der Waals surface area contributed by atoms with Crippen molar-refractivity contribution in [2.75, 3.05) is 0 Å². The minimum Gasteiger partial charge on any atom is -0.508 e. The first kappa shape index (κ1) is 37.3. The lowest BCUT2D eigenvalue weighted by atomic mass is 9.77. The molecule has 0 radical (unpaired) electrons. The molecule has 254 valence electrons. The topological polar surface area (TPSA) is 69.9 Å². The summed E-state index contributed by atoms with van der Waals surface area (Å²) in [7, 11) is 0. The summed E-state index contributed by atoms with van der Waals surface area (Å²) >= 11 is 0. The highest BCUT2D eigenvalue weighted by Gasteiger charge is 2.35. The summed E-state index contributed by atoms with van der Waals surface area (Å²) in [4.78, 5) is 0. The predicted octanol–water partition coefficient (Wildman–Crippen LogP) is 11.9. The maximum Gasteiger partial charge on any atom is 0.124 e. The third-order valence-electron chi connectivity index (χ3n) is 9.81. The van der Waals surface area contributed by atoms with Crippen LogP contribution in [0, 0.1) is 33.6 Å². The lowest BCUT2D eigenvalue weighted by Gasteiger charge is -2.39. The Kier molecular flexibility index (Phi) is 13.5. The molecule has 3 N–H and O–H groups in total. The Morgan fingerprint density at radius 1 is 0.696 bits per heavy atom. The van der Waals surface area contributed by atoms with Crippen LogP contribution in [-0.2, 0) is 6.42 Å². The first-order valence-electron chi connectivity index (χ1n) is 17.8. The fourth-order valence-electron chi connectivity index (χ4n) is 7.04. The number of rotatable bonds is 12. The van der Waals surface area contributed by atoms with Crippen LogP contribution in [-0.4, -0.2) is 20.9 Å². The van der Waals surface area contributed by atoms with E-state index in [1.54, 1.807) is 0 Å². The number of fused-ring (bicyclic) bond motifs is 1. The molecule has 0 fully saturated rings. The fourth-order valence-corrected chi connectivity index (χ4v) is 7.04. The van der Waals surface area contributed by atoms with Gasteiger partial charge in [-0.3, -0.25) is 0 Å². The van der Waals surface area contributed by atoms with Crippen LogP contribution in [0.5, 0.6) is 23.0 Å². The molecule has 0 saturated heterocycles. The van der Waals surface area contributed by atoms with Crippen LogP contribution < -0.4 is 4.74 Å². The maximum absolute atomic E-state index is 10.5. The molecule has 0 saturated carbocycles. The Morgan fingerprint density at radius 3 is 1.76 bits per heavy atom. The SMILES string of the molecule is CCCC(c1cc(C)c(O)cc1C)c1cc(C)c(O)cc1C.CCCCCCCCc1cc2c(cc1O)C(C(C)C)CC(C)(C)O2. The number of unbranched alkanes of at least 4 members (excludes halogenated alkanes) is 5. The van der Waals surface area contributed by atoms with Gasteiger partial charge in [0.25, 0.3) is 0 Å². The Labute approximate surface area is 280 Å². The van der Waals surface area contributed by atoms with Crippen molar-refractivity contribution in [2.24, 2.45) is 5.92 Å². The van der Waals surface area contributed by atoms with Gasteiger partial charge in [-0.05, 0) is 142 Å². The van der Waals surface area contributed by atoms with Gasteiger partial charge in [0, 0.05) is 11.5 Å². The van der Waals surface area contributed by atoms with E-state index in [4.69, 9.17) is 4.74 Å². The van der Waals surface area contributed by atoms with Gasteiger partial charge in [0.15, 0.2) is 0 Å². The summed E-state index contributed by atoms with van der Waals surface area (Å²) in [6, 6.07) is 12.0. The van der Waals surface area contributed by atoms with Gasteiger partial charge in [0.1, 0.15) is 28.6 Å². The molecule has 3 aromatic carbocycles. The average Bonchev–Trinajstić information content (AvgIpc) is 2.98. The number of benzene rings is 3. The molecule has 4 rings (SSSR count). The van der Waals surface area contributed by atoms with Crippen molar-refractivity contribution in [1.29, 1.82) is 0 Å². The number of aryl methyl sites for hydroxylation is 5. The Bertz CT molecular complexity index is 1380. The van der Waals surface area contributed by atoms with E-state index in [0.29, 0.717) is 35.0 Å². The molecule has 0 amide bonds. The molecule has 0 aliphatic carbocycles. The Morgan fingerprint density at radius 2 is 1.24 bits per heavy atom. The van der Waals surface area contributed by atoms with E-state index in [1.807, 2.05) is 32.0 Å². The van der Waals surface area contributed by atoms with Gasteiger partial charge in [-0.1, -0.05) is 78.4 Å². The molecule has 1 unspecified atom stereocenters. The first-order chi connectivity index (χ1) is 21.7. The number of aromatic hydroxyl groups is 3. The summed E-state index contributed by atoms with van der Waals surface area (Å²) in [5.41, 5.74) is 8.70. The molecule has 0 bridgehead atoms. The van der Waals surface area contributed by atoms with Crippen LogP contribution in [0.4, 0.5) is 0 Å². The molecule has 1 heterocycles. The molecular weight excluding hydrogens is 568 g/mol. The lowest BCUT2D eigenvalue weighted by Crippen LogP contribution is -2.36. The zero-order valence-electron chi connectivity index (χ0n) is 30.5. The van der Waals surface area contributed by atoms with Crippen LogP contribution in [0.2, 0.25) is 0 Å². The third kappa shape index (κ3) is 9.69. The van der Waals surface area contributed by atoms with Gasteiger partial charge in [-0.2, -0.15) is 0 Å². The van der Waals surface area contributed by atoms with Gasteiger partial charge in [-0.25, -0.2) is 0 Å². The average molecular weight is 631 g/mol. The van der Waals surface area contributed by atoms with Crippen molar-refractivity contribution in [3.63, 3.8) is 0 Å². The zero-order chi connectivity index (χ0) is 34.2.